The van der Waals surface area contributed by atoms with Crippen molar-refractivity contribution < 1.29 is 14.6 Å². The molecule has 0 amide bonds. The lowest BCUT2D eigenvalue weighted by atomic mass is 9.91. The Labute approximate surface area is 143 Å². The van der Waals surface area contributed by atoms with Crippen LogP contribution in [0.1, 0.15) is 23.6 Å². The van der Waals surface area contributed by atoms with E-state index >= 15 is 0 Å². The molecule has 0 bridgehead atoms. The summed E-state index contributed by atoms with van der Waals surface area (Å²) < 4.78 is 15.4. The predicted octanol–water partition coefficient (Wildman–Crippen LogP) is 3.01. The number of halogens is 1. The molecule has 1 atom stereocenters. The monoisotopic (exact) mass is 344 g/mol. The van der Waals surface area contributed by atoms with Crippen LogP contribution in [-0.4, -0.2) is 40.0 Å². The number of nitrogens with zero attached hydrogens (tertiary/aromatic N) is 2. The number of rotatable bonds is 4. The van der Waals surface area contributed by atoms with Crippen LogP contribution in [0.15, 0.2) is 57.8 Å². The summed E-state index contributed by atoms with van der Waals surface area (Å²) in [7, 11) is 0. The minimum atomic E-state index is -0.169. The Balaban J connectivity index is 1.68. The van der Waals surface area contributed by atoms with E-state index in [1.54, 1.807) is 24.2 Å². The van der Waals surface area contributed by atoms with Crippen molar-refractivity contribution in [2.75, 3.05) is 19.8 Å². The van der Waals surface area contributed by atoms with Gasteiger partial charge in [0.25, 0.3) is 0 Å². The third-order valence-electron chi connectivity index (χ3n) is 4.45. The number of benzene rings is 1. The van der Waals surface area contributed by atoms with Crippen molar-refractivity contribution in [1.29, 1.82) is 0 Å². The van der Waals surface area contributed by atoms with Crippen LogP contribution in [0.2, 0.25) is 0 Å². The van der Waals surface area contributed by atoms with Gasteiger partial charge >= 0.3 is 0 Å². The van der Waals surface area contributed by atoms with Gasteiger partial charge in [-0.1, -0.05) is 6.07 Å². The third-order valence-corrected chi connectivity index (χ3v) is 5.69. The minimum absolute atomic E-state index is 0.000889. The van der Waals surface area contributed by atoms with Crippen molar-refractivity contribution in [1.82, 2.24) is 4.31 Å². The summed E-state index contributed by atoms with van der Waals surface area (Å²) in [6, 6.07) is 6.01. The Morgan fingerprint density at radius 1 is 1.25 bits per heavy atom. The highest BCUT2D eigenvalue weighted by molar-refractivity contribution is 7.97. The number of β-amino-alcohol motifs (C(OH)–C–C–N with tert-alkyl or cyclic N) is 1. The molecular formula is C18H17FN2O2S. The molecule has 0 aromatic heterocycles. The Kier molecular flexibility index (Phi) is 4.14. The molecule has 124 valence electrons. The van der Waals surface area contributed by atoms with Gasteiger partial charge in [-0.3, -0.25) is 4.99 Å². The van der Waals surface area contributed by atoms with Gasteiger partial charge < -0.3 is 10.2 Å². The number of hydrogen-bond donors (Lipinski definition) is 2. The van der Waals surface area contributed by atoms with Crippen LogP contribution in [0.5, 0.6) is 0 Å². The van der Waals surface area contributed by atoms with E-state index < -0.39 is 0 Å². The quantitative estimate of drug-likeness (QED) is 0.825. The molecule has 0 radical (unpaired) electrons. The molecule has 0 saturated heterocycles. The molecule has 4 nitrogen and oxygen atoms in total. The van der Waals surface area contributed by atoms with E-state index in [1.165, 1.54) is 6.08 Å². The summed E-state index contributed by atoms with van der Waals surface area (Å²) in [5.74, 6) is -0.169. The van der Waals surface area contributed by atoms with E-state index in [0.717, 1.165) is 32.9 Å². The zero-order valence-electron chi connectivity index (χ0n) is 12.9. The van der Waals surface area contributed by atoms with E-state index in [2.05, 4.69) is 11.1 Å². The lowest BCUT2D eigenvalue weighted by Crippen LogP contribution is -2.23. The SMILES string of the molecule is OCCN1Sc2ccc(C3=CN=C4CC(F)=CC=C34)cc2C1CO. The lowest BCUT2D eigenvalue weighted by molar-refractivity contribution is 0.178. The molecule has 0 spiro atoms. The first kappa shape index (κ1) is 15.8. The lowest BCUT2D eigenvalue weighted by Gasteiger charge is -2.20. The highest BCUT2D eigenvalue weighted by Gasteiger charge is 2.31. The van der Waals surface area contributed by atoms with E-state index in [9.17, 15) is 14.6 Å². The fourth-order valence-corrected chi connectivity index (χ4v) is 4.44. The molecule has 2 heterocycles. The van der Waals surface area contributed by atoms with Crippen LogP contribution in [0.4, 0.5) is 4.39 Å². The molecule has 3 aliphatic rings. The molecule has 2 N–H and O–H groups in total. The molecule has 1 aromatic carbocycles. The van der Waals surface area contributed by atoms with Crippen LogP contribution in [0, 0.1) is 0 Å². The molecule has 1 aliphatic carbocycles. The van der Waals surface area contributed by atoms with Crippen LogP contribution >= 0.6 is 11.9 Å². The Bertz CT molecular complexity index is 813. The van der Waals surface area contributed by atoms with Gasteiger partial charge in [-0.15, -0.1) is 0 Å². The van der Waals surface area contributed by atoms with Crippen molar-refractivity contribution in [3.63, 3.8) is 0 Å². The van der Waals surface area contributed by atoms with Crippen LogP contribution in [0.25, 0.3) is 5.57 Å². The summed E-state index contributed by atoms with van der Waals surface area (Å²) in [4.78, 5) is 5.44. The molecule has 1 aromatic rings. The highest BCUT2D eigenvalue weighted by Crippen LogP contribution is 2.45. The normalized spacial score (nSPS) is 22.5. The summed E-state index contributed by atoms with van der Waals surface area (Å²) in [5, 5.41) is 18.9. The number of aliphatic hydroxyl groups is 2. The number of allylic oxidation sites excluding steroid dienone is 5. The maximum absolute atomic E-state index is 13.4. The molecule has 24 heavy (non-hydrogen) atoms. The molecule has 2 aliphatic heterocycles. The smallest absolute Gasteiger partial charge is 0.106 e. The summed E-state index contributed by atoms with van der Waals surface area (Å²) in [6.07, 6.45) is 5.31. The van der Waals surface area contributed by atoms with Gasteiger partial charge in [0.2, 0.25) is 0 Å². The van der Waals surface area contributed by atoms with Crippen LogP contribution in [0.3, 0.4) is 0 Å². The first-order chi connectivity index (χ1) is 11.7. The molecule has 0 fully saturated rings. The molecule has 4 rings (SSSR count). The van der Waals surface area contributed by atoms with Crippen molar-refractivity contribution >= 4 is 23.2 Å². The van der Waals surface area contributed by atoms with Crippen molar-refractivity contribution in [2.45, 2.75) is 17.4 Å². The Morgan fingerprint density at radius 2 is 2.12 bits per heavy atom. The maximum Gasteiger partial charge on any atom is 0.106 e. The first-order valence-corrected chi connectivity index (χ1v) is 8.63. The summed E-state index contributed by atoms with van der Waals surface area (Å²) >= 11 is 1.56. The average molecular weight is 344 g/mol. The third kappa shape index (κ3) is 2.56. The Morgan fingerprint density at radius 3 is 2.92 bits per heavy atom. The minimum Gasteiger partial charge on any atom is -0.395 e. The second-order valence-electron chi connectivity index (χ2n) is 5.90. The van der Waals surface area contributed by atoms with Crippen LogP contribution in [-0.2, 0) is 0 Å². The van der Waals surface area contributed by atoms with Gasteiger partial charge in [0.1, 0.15) is 5.83 Å². The standard InChI is InChI=1S/C18H17FN2O2S/c19-12-2-3-13-15(9-20-16(13)8-12)11-1-4-18-14(7-11)17(10-23)21(24-18)5-6-22/h1-4,7,9,17,22-23H,5-6,8,10H2. The average Bonchev–Trinajstić information content (AvgIpc) is 3.14. The number of hydrogen-bond acceptors (Lipinski definition) is 5. The van der Waals surface area contributed by atoms with E-state index in [0.29, 0.717) is 6.54 Å². The summed E-state index contributed by atoms with van der Waals surface area (Å²) in [6.45, 7) is 0.559. The largest absolute Gasteiger partial charge is 0.395 e. The van der Waals surface area contributed by atoms with Gasteiger partial charge in [0.15, 0.2) is 0 Å². The van der Waals surface area contributed by atoms with Crippen molar-refractivity contribution in [2.24, 2.45) is 4.99 Å². The van der Waals surface area contributed by atoms with E-state index in [4.69, 9.17) is 0 Å². The number of fused-ring (bicyclic) bond motifs is 2. The second-order valence-corrected chi connectivity index (χ2v) is 6.99. The van der Waals surface area contributed by atoms with Gasteiger partial charge in [0, 0.05) is 35.2 Å². The molecule has 0 saturated carbocycles. The highest BCUT2D eigenvalue weighted by atomic mass is 32.2. The maximum atomic E-state index is 13.4. The van der Waals surface area contributed by atoms with Crippen LogP contribution < -0.4 is 0 Å². The summed E-state index contributed by atoms with van der Waals surface area (Å²) in [5.41, 5.74) is 4.79. The fourth-order valence-electron chi connectivity index (χ4n) is 3.28. The molecule has 6 heteroatoms. The Hall–Kier alpha value is -1.73. The zero-order valence-corrected chi connectivity index (χ0v) is 13.8. The van der Waals surface area contributed by atoms with E-state index in [-0.39, 0.29) is 31.5 Å². The second kappa shape index (κ2) is 6.29. The first-order valence-electron chi connectivity index (χ1n) is 7.86. The molecule has 1 unspecified atom stereocenters. The fraction of sp³-hybridized carbons (Fsp3) is 0.278. The van der Waals surface area contributed by atoms with Crippen molar-refractivity contribution in [3.8, 4) is 0 Å². The number of aliphatic imine (C=N–C) groups is 1. The van der Waals surface area contributed by atoms with E-state index in [1.807, 2.05) is 16.4 Å². The van der Waals surface area contributed by atoms with Gasteiger partial charge in [-0.2, -0.15) is 0 Å². The topological polar surface area (TPSA) is 56.1 Å². The van der Waals surface area contributed by atoms with Crippen molar-refractivity contribution in [3.05, 3.63) is 59.1 Å². The molecular weight excluding hydrogens is 327 g/mol. The van der Waals surface area contributed by atoms with Gasteiger partial charge in [-0.25, -0.2) is 8.70 Å². The number of aliphatic hydroxyl groups excluding tert-OH is 2. The van der Waals surface area contributed by atoms with Gasteiger partial charge in [-0.05, 0) is 47.4 Å². The van der Waals surface area contributed by atoms with Gasteiger partial charge in [0.05, 0.1) is 25.0 Å². The predicted molar refractivity (Wildman–Crippen MR) is 93.2 cm³/mol. The zero-order chi connectivity index (χ0) is 16.7.